The second-order valence-electron chi connectivity index (χ2n) is 7.03. The molecular formula is C22H26N2O4. The molecule has 2 amide bonds. The lowest BCUT2D eigenvalue weighted by atomic mass is 10.0. The minimum Gasteiger partial charge on any atom is -0.481 e. The van der Waals surface area contributed by atoms with Crippen LogP contribution in [-0.2, 0) is 16.0 Å². The van der Waals surface area contributed by atoms with Crippen LogP contribution in [0.25, 0.3) is 0 Å². The SMILES string of the molecule is O=C(O)CCC(Cc1ccccc1)NC(=O)NC1CCOC1c1ccccc1. The molecule has 0 aliphatic carbocycles. The number of carboxylic acid groups (broad SMARTS) is 1. The van der Waals surface area contributed by atoms with Gasteiger partial charge >= 0.3 is 12.0 Å². The number of nitrogens with one attached hydrogen (secondary N) is 2. The quantitative estimate of drug-likeness (QED) is 0.654. The Bertz CT molecular complexity index is 767. The Morgan fingerprint density at radius 3 is 2.43 bits per heavy atom. The van der Waals surface area contributed by atoms with Crippen molar-refractivity contribution in [2.75, 3.05) is 6.61 Å². The fourth-order valence-electron chi connectivity index (χ4n) is 3.53. The van der Waals surface area contributed by atoms with E-state index >= 15 is 0 Å². The number of aliphatic carboxylic acids is 1. The monoisotopic (exact) mass is 382 g/mol. The highest BCUT2D eigenvalue weighted by Crippen LogP contribution is 2.28. The molecule has 3 N–H and O–H groups in total. The lowest BCUT2D eigenvalue weighted by Crippen LogP contribution is -2.47. The molecular weight excluding hydrogens is 356 g/mol. The van der Waals surface area contributed by atoms with Crippen molar-refractivity contribution in [2.45, 2.75) is 43.9 Å². The second kappa shape index (κ2) is 9.90. The van der Waals surface area contributed by atoms with Gasteiger partial charge in [-0.25, -0.2) is 4.79 Å². The zero-order chi connectivity index (χ0) is 19.8. The van der Waals surface area contributed by atoms with Gasteiger partial charge in [-0.05, 0) is 30.4 Å². The Kier molecular flexibility index (Phi) is 7.03. The minimum absolute atomic E-state index is 0.0109. The molecule has 6 nitrogen and oxygen atoms in total. The van der Waals surface area contributed by atoms with E-state index in [1.807, 2.05) is 60.7 Å². The van der Waals surface area contributed by atoms with Crippen molar-refractivity contribution in [1.29, 1.82) is 0 Å². The molecule has 0 radical (unpaired) electrons. The van der Waals surface area contributed by atoms with Crippen LogP contribution in [0.5, 0.6) is 0 Å². The summed E-state index contributed by atoms with van der Waals surface area (Å²) in [7, 11) is 0. The van der Waals surface area contributed by atoms with E-state index in [4.69, 9.17) is 9.84 Å². The van der Waals surface area contributed by atoms with Gasteiger partial charge in [-0.2, -0.15) is 0 Å². The summed E-state index contributed by atoms with van der Waals surface area (Å²) >= 11 is 0. The van der Waals surface area contributed by atoms with Gasteiger partial charge in [0.25, 0.3) is 0 Å². The Hall–Kier alpha value is -2.86. The number of carbonyl (C=O) groups excluding carboxylic acids is 1. The third-order valence-corrected chi connectivity index (χ3v) is 4.90. The van der Waals surface area contributed by atoms with E-state index in [2.05, 4.69) is 10.6 Å². The minimum atomic E-state index is -0.867. The Morgan fingerprint density at radius 2 is 1.75 bits per heavy atom. The molecule has 3 rings (SSSR count). The van der Waals surface area contributed by atoms with Gasteiger partial charge in [0.1, 0.15) is 6.10 Å². The van der Waals surface area contributed by atoms with Crippen molar-refractivity contribution in [3.05, 3.63) is 71.8 Å². The maximum Gasteiger partial charge on any atom is 0.315 e. The molecule has 1 fully saturated rings. The molecule has 3 atom stereocenters. The number of carbonyl (C=O) groups is 2. The molecule has 28 heavy (non-hydrogen) atoms. The van der Waals surface area contributed by atoms with Crippen LogP contribution in [0.1, 0.15) is 36.5 Å². The van der Waals surface area contributed by atoms with Crippen LogP contribution in [0, 0.1) is 0 Å². The number of carboxylic acids is 1. The molecule has 2 aromatic rings. The lowest BCUT2D eigenvalue weighted by molar-refractivity contribution is -0.137. The van der Waals surface area contributed by atoms with Crippen molar-refractivity contribution in [2.24, 2.45) is 0 Å². The molecule has 0 spiro atoms. The van der Waals surface area contributed by atoms with Gasteiger partial charge in [0, 0.05) is 19.1 Å². The third-order valence-electron chi connectivity index (χ3n) is 4.90. The first kappa shape index (κ1) is 19.9. The van der Waals surface area contributed by atoms with Crippen LogP contribution in [0.4, 0.5) is 4.79 Å². The molecule has 1 aliphatic rings. The average molecular weight is 382 g/mol. The van der Waals surface area contributed by atoms with Crippen molar-refractivity contribution in [3.8, 4) is 0 Å². The predicted octanol–water partition coefficient (Wildman–Crippen LogP) is 3.29. The van der Waals surface area contributed by atoms with Gasteiger partial charge in [-0.1, -0.05) is 60.7 Å². The highest BCUT2D eigenvalue weighted by Gasteiger charge is 2.31. The number of benzene rings is 2. The largest absolute Gasteiger partial charge is 0.481 e. The van der Waals surface area contributed by atoms with E-state index in [9.17, 15) is 9.59 Å². The molecule has 2 aromatic carbocycles. The molecule has 1 heterocycles. The maximum absolute atomic E-state index is 12.6. The van der Waals surface area contributed by atoms with Crippen LogP contribution in [0.3, 0.4) is 0 Å². The molecule has 0 aromatic heterocycles. The van der Waals surface area contributed by atoms with Crippen molar-refractivity contribution in [1.82, 2.24) is 10.6 Å². The second-order valence-corrected chi connectivity index (χ2v) is 7.03. The van der Waals surface area contributed by atoms with Gasteiger partial charge in [-0.3, -0.25) is 4.79 Å². The highest BCUT2D eigenvalue weighted by molar-refractivity contribution is 5.75. The summed E-state index contributed by atoms with van der Waals surface area (Å²) in [6.07, 6.45) is 1.55. The zero-order valence-corrected chi connectivity index (χ0v) is 15.7. The van der Waals surface area contributed by atoms with Crippen molar-refractivity contribution >= 4 is 12.0 Å². The molecule has 3 unspecified atom stereocenters. The van der Waals surface area contributed by atoms with Gasteiger partial charge in [0.15, 0.2) is 0 Å². The fraction of sp³-hybridized carbons (Fsp3) is 0.364. The van der Waals surface area contributed by atoms with Gasteiger partial charge < -0.3 is 20.5 Å². The molecule has 6 heteroatoms. The summed E-state index contributed by atoms with van der Waals surface area (Å²) < 4.78 is 5.81. The van der Waals surface area contributed by atoms with Crippen molar-refractivity contribution in [3.63, 3.8) is 0 Å². The van der Waals surface area contributed by atoms with Gasteiger partial charge in [0.05, 0.1) is 6.04 Å². The van der Waals surface area contributed by atoms with E-state index in [-0.39, 0.29) is 30.6 Å². The summed E-state index contributed by atoms with van der Waals surface area (Å²) in [6.45, 7) is 0.594. The first-order chi connectivity index (χ1) is 13.6. The number of urea groups is 1. The van der Waals surface area contributed by atoms with E-state index in [0.717, 1.165) is 17.5 Å². The summed E-state index contributed by atoms with van der Waals surface area (Å²) in [5.41, 5.74) is 2.10. The fourth-order valence-corrected chi connectivity index (χ4v) is 3.53. The third kappa shape index (κ3) is 5.82. The van der Waals surface area contributed by atoms with Crippen LogP contribution < -0.4 is 10.6 Å². The van der Waals surface area contributed by atoms with E-state index in [1.165, 1.54) is 0 Å². The molecule has 1 saturated heterocycles. The predicted molar refractivity (Wildman–Crippen MR) is 106 cm³/mol. The summed E-state index contributed by atoms with van der Waals surface area (Å²) in [5, 5.41) is 15.0. The van der Waals surface area contributed by atoms with Crippen LogP contribution in [0.2, 0.25) is 0 Å². The molecule has 1 aliphatic heterocycles. The van der Waals surface area contributed by atoms with Crippen LogP contribution >= 0.6 is 0 Å². The summed E-state index contributed by atoms with van der Waals surface area (Å²) in [6, 6.07) is 18.9. The molecule has 148 valence electrons. The van der Waals surface area contributed by atoms with E-state index < -0.39 is 5.97 Å². The van der Waals surface area contributed by atoms with Crippen molar-refractivity contribution < 1.29 is 19.4 Å². The van der Waals surface area contributed by atoms with E-state index in [0.29, 0.717) is 19.4 Å². The zero-order valence-electron chi connectivity index (χ0n) is 15.7. The Labute approximate surface area is 164 Å². The first-order valence-corrected chi connectivity index (χ1v) is 9.61. The van der Waals surface area contributed by atoms with Gasteiger partial charge in [0.2, 0.25) is 0 Å². The highest BCUT2D eigenvalue weighted by atomic mass is 16.5. The topological polar surface area (TPSA) is 87.7 Å². The number of rotatable bonds is 8. The smallest absolute Gasteiger partial charge is 0.315 e. The summed E-state index contributed by atoms with van der Waals surface area (Å²) in [5.74, 6) is -0.867. The van der Waals surface area contributed by atoms with Gasteiger partial charge in [-0.15, -0.1) is 0 Å². The molecule has 0 bridgehead atoms. The standard InChI is InChI=1S/C22H26N2O4/c25-20(26)12-11-18(15-16-7-3-1-4-8-16)23-22(27)24-19-13-14-28-21(19)17-9-5-2-6-10-17/h1-10,18-19,21H,11-15H2,(H,25,26)(H2,23,24,27). The lowest BCUT2D eigenvalue weighted by Gasteiger charge is -2.23. The van der Waals surface area contributed by atoms with Crippen LogP contribution in [-0.4, -0.2) is 35.8 Å². The first-order valence-electron chi connectivity index (χ1n) is 9.61. The number of hydrogen-bond donors (Lipinski definition) is 3. The number of ether oxygens (including phenoxy) is 1. The molecule has 0 saturated carbocycles. The number of hydrogen-bond acceptors (Lipinski definition) is 3. The van der Waals surface area contributed by atoms with E-state index in [1.54, 1.807) is 0 Å². The number of amides is 2. The normalized spacial score (nSPS) is 19.7. The maximum atomic E-state index is 12.6. The Morgan fingerprint density at radius 1 is 1.07 bits per heavy atom. The van der Waals surface area contributed by atoms with Crippen LogP contribution in [0.15, 0.2) is 60.7 Å². The average Bonchev–Trinajstić information content (AvgIpc) is 3.15. The Balaban J connectivity index is 1.60. The summed E-state index contributed by atoms with van der Waals surface area (Å²) in [4.78, 5) is 23.6.